The van der Waals surface area contributed by atoms with Gasteiger partial charge in [0.2, 0.25) is 0 Å². The molecule has 0 amide bonds. The molecule has 76 heavy (non-hydrogen) atoms. The zero-order valence-corrected chi connectivity index (χ0v) is 49.0. The minimum absolute atomic E-state index is 0.101. The predicted octanol–water partition coefficient (Wildman–Crippen LogP) is 21.2. The lowest BCUT2D eigenvalue weighted by Crippen LogP contribution is -2.30. The molecule has 0 heterocycles. The monoisotopic (exact) mass is 1050 g/mol. The van der Waals surface area contributed by atoms with Crippen LogP contribution in [-0.2, 0) is 28.6 Å². The fourth-order valence-corrected chi connectivity index (χ4v) is 8.04. The van der Waals surface area contributed by atoms with Gasteiger partial charge in [-0.05, 0) is 122 Å². The molecule has 0 aliphatic rings. The van der Waals surface area contributed by atoms with Crippen molar-refractivity contribution in [3.63, 3.8) is 0 Å². The van der Waals surface area contributed by atoms with E-state index in [2.05, 4.69) is 167 Å². The first-order valence-electron chi connectivity index (χ1n) is 30.8. The molecule has 0 saturated carbocycles. The first kappa shape index (κ1) is 71.3. The third kappa shape index (κ3) is 60.2. The molecule has 0 fully saturated rings. The molecule has 0 bridgehead atoms. The Balaban J connectivity index is 4.46. The Morgan fingerprint density at radius 3 is 0.829 bits per heavy atom. The van der Waals surface area contributed by atoms with Crippen molar-refractivity contribution in [3.8, 4) is 0 Å². The third-order valence-corrected chi connectivity index (χ3v) is 12.6. The van der Waals surface area contributed by atoms with Crippen molar-refractivity contribution >= 4 is 17.9 Å². The van der Waals surface area contributed by atoms with E-state index in [-0.39, 0.29) is 31.1 Å². The van der Waals surface area contributed by atoms with Gasteiger partial charge in [0.15, 0.2) is 6.10 Å². The summed E-state index contributed by atoms with van der Waals surface area (Å²) in [6.07, 6.45) is 89.9. The van der Waals surface area contributed by atoms with Crippen LogP contribution < -0.4 is 0 Å². The molecule has 428 valence electrons. The highest BCUT2D eigenvalue weighted by Gasteiger charge is 2.19. The second kappa shape index (κ2) is 62.8. The Kier molecular flexibility index (Phi) is 58.9. The fourth-order valence-electron chi connectivity index (χ4n) is 8.04. The van der Waals surface area contributed by atoms with Crippen LogP contribution in [0.3, 0.4) is 0 Å². The zero-order valence-electron chi connectivity index (χ0n) is 49.0. The number of allylic oxidation sites excluding steroid dienone is 24. The summed E-state index contributed by atoms with van der Waals surface area (Å²) in [4.78, 5) is 38.2. The maximum Gasteiger partial charge on any atom is 0.306 e. The van der Waals surface area contributed by atoms with Crippen LogP contribution in [0.4, 0.5) is 0 Å². The molecule has 0 saturated heterocycles. The van der Waals surface area contributed by atoms with Crippen molar-refractivity contribution < 1.29 is 28.6 Å². The van der Waals surface area contributed by atoms with Crippen LogP contribution in [0.25, 0.3) is 0 Å². The average molecular weight is 1050 g/mol. The van der Waals surface area contributed by atoms with Crippen LogP contribution in [0.5, 0.6) is 0 Å². The van der Waals surface area contributed by atoms with Crippen molar-refractivity contribution in [2.24, 2.45) is 0 Å². The minimum atomic E-state index is -0.809. The summed E-state index contributed by atoms with van der Waals surface area (Å²) in [6.45, 7) is 6.36. The summed E-state index contributed by atoms with van der Waals surface area (Å²) >= 11 is 0. The van der Waals surface area contributed by atoms with E-state index in [9.17, 15) is 14.4 Å². The van der Waals surface area contributed by atoms with Crippen molar-refractivity contribution in [1.82, 2.24) is 0 Å². The Morgan fingerprint density at radius 1 is 0.276 bits per heavy atom. The molecule has 0 aromatic carbocycles. The molecule has 0 aliphatic heterocycles. The van der Waals surface area contributed by atoms with Gasteiger partial charge in [-0.2, -0.15) is 0 Å². The number of rotatable bonds is 54. The van der Waals surface area contributed by atoms with Crippen LogP contribution in [0.2, 0.25) is 0 Å². The maximum absolute atomic E-state index is 12.9. The van der Waals surface area contributed by atoms with Gasteiger partial charge in [-0.25, -0.2) is 0 Å². The standard InChI is InChI=1S/C70H112O6/c1-4-7-10-13-16-19-22-25-27-29-31-32-33-34-35-36-37-38-40-41-43-45-48-51-54-57-60-63-69(72)75-66-67(65-74-68(71)62-59-56-53-50-47-24-21-18-15-12-9-6-3)76-70(73)64-61-58-55-52-49-46-44-42-39-30-28-26-23-20-17-14-11-8-5-2/h7-8,10-11,16-17,19-20,25-28,31-32,34-35,37-39,41-43,48,51,67H,4-6,9,12-15,18,21-24,29-30,33,36,40,44-47,49-50,52-66H2,1-3H3/b10-7-,11-8-,19-16-,20-17-,27-25-,28-26-,32-31-,35-34-,38-37-,42-39-,43-41-,51-48-. The van der Waals surface area contributed by atoms with E-state index in [1.54, 1.807) is 0 Å². The van der Waals surface area contributed by atoms with Crippen LogP contribution in [0.15, 0.2) is 146 Å². The molecular formula is C70H112O6. The van der Waals surface area contributed by atoms with E-state index < -0.39 is 6.10 Å². The smallest absolute Gasteiger partial charge is 0.306 e. The second-order valence-electron chi connectivity index (χ2n) is 19.9. The summed E-state index contributed by atoms with van der Waals surface area (Å²) < 4.78 is 16.8. The number of hydrogen-bond donors (Lipinski definition) is 0. The number of carbonyl (C=O) groups excluding carboxylic acids is 3. The van der Waals surface area contributed by atoms with Crippen molar-refractivity contribution in [3.05, 3.63) is 146 Å². The summed E-state index contributed by atoms with van der Waals surface area (Å²) in [7, 11) is 0. The minimum Gasteiger partial charge on any atom is -0.462 e. The molecule has 1 unspecified atom stereocenters. The van der Waals surface area contributed by atoms with Crippen molar-refractivity contribution in [2.75, 3.05) is 13.2 Å². The van der Waals surface area contributed by atoms with E-state index in [1.165, 1.54) is 70.6 Å². The summed E-state index contributed by atoms with van der Waals surface area (Å²) in [6, 6.07) is 0. The van der Waals surface area contributed by atoms with Gasteiger partial charge in [-0.15, -0.1) is 0 Å². The van der Waals surface area contributed by atoms with Gasteiger partial charge in [0, 0.05) is 19.3 Å². The first-order valence-corrected chi connectivity index (χ1v) is 30.8. The molecule has 0 aromatic rings. The van der Waals surface area contributed by atoms with Crippen LogP contribution >= 0.6 is 0 Å². The Morgan fingerprint density at radius 2 is 0.513 bits per heavy atom. The number of esters is 3. The quantitative estimate of drug-likeness (QED) is 0.0261. The third-order valence-electron chi connectivity index (χ3n) is 12.6. The van der Waals surface area contributed by atoms with Gasteiger partial charge in [0.1, 0.15) is 13.2 Å². The summed E-state index contributed by atoms with van der Waals surface area (Å²) in [5, 5.41) is 0. The van der Waals surface area contributed by atoms with Gasteiger partial charge in [0.05, 0.1) is 0 Å². The van der Waals surface area contributed by atoms with E-state index >= 15 is 0 Å². The average Bonchev–Trinajstić information content (AvgIpc) is 3.42. The molecule has 0 aliphatic carbocycles. The Labute approximate surface area is 467 Å². The highest BCUT2D eigenvalue weighted by Crippen LogP contribution is 2.15. The fraction of sp³-hybridized carbons (Fsp3) is 0.614. The van der Waals surface area contributed by atoms with Gasteiger partial charge >= 0.3 is 17.9 Å². The lowest BCUT2D eigenvalue weighted by molar-refractivity contribution is -0.167. The molecule has 0 radical (unpaired) electrons. The summed E-state index contributed by atoms with van der Waals surface area (Å²) in [5.41, 5.74) is 0. The highest BCUT2D eigenvalue weighted by molar-refractivity contribution is 5.71. The Hall–Kier alpha value is -4.71. The van der Waals surface area contributed by atoms with Gasteiger partial charge in [-0.1, -0.05) is 263 Å². The molecule has 0 rings (SSSR count). The van der Waals surface area contributed by atoms with Crippen molar-refractivity contribution in [1.29, 1.82) is 0 Å². The first-order chi connectivity index (χ1) is 37.5. The van der Waals surface area contributed by atoms with Gasteiger partial charge < -0.3 is 14.2 Å². The highest BCUT2D eigenvalue weighted by atomic mass is 16.6. The van der Waals surface area contributed by atoms with E-state index in [0.29, 0.717) is 25.7 Å². The maximum atomic E-state index is 12.9. The van der Waals surface area contributed by atoms with Gasteiger partial charge in [-0.3, -0.25) is 14.4 Å². The summed E-state index contributed by atoms with van der Waals surface area (Å²) in [5.74, 6) is -0.963. The zero-order chi connectivity index (χ0) is 55.0. The molecule has 1 atom stereocenters. The van der Waals surface area contributed by atoms with Crippen molar-refractivity contribution in [2.45, 2.75) is 264 Å². The topological polar surface area (TPSA) is 78.9 Å². The molecule has 6 heteroatoms. The number of carbonyl (C=O) groups is 3. The lowest BCUT2D eigenvalue weighted by Gasteiger charge is -2.18. The largest absolute Gasteiger partial charge is 0.462 e. The van der Waals surface area contributed by atoms with Crippen LogP contribution in [0.1, 0.15) is 258 Å². The normalized spacial score (nSPS) is 13.1. The molecule has 0 spiro atoms. The number of ether oxygens (including phenoxy) is 3. The predicted molar refractivity (Wildman–Crippen MR) is 329 cm³/mol. The van der Waals surface area contributed by atoms with Crippen LogP contribution in [0, 0.1) is 0 Å². The number of hydrogen-bond acceptors (Lipinski definition) is 6. The lowest BCUT2D eigenvalue weighted by atomic mass is 10.0. The SMILES string of the molecule is CC/C=C\C/C=C\C/C=C\C/C=C\C/C=C\C/C=C\C/C=C\C/C=C\CCCCC(=O)OCC(COC(=O)CCCCCCCCCCCCCC)OC(=O)CCCCCCCC/C=C\C/C=C\C/C=C\C/C=C\CC. The Bertz CT molecular complexity index is 1680. The van der Waals surface area contributed by atoms with E-state index in [0.717, 1.165) is 141 Å². The van der Waals surface area contributed by atoms with E-state index in [1.807, 2.05) is 0 Å². The number of unbranched alkanes of at least 4 members (excludes halogenated alkanes) is 19. The van der Waals surface area contributed by atoms with Crippen LogP contribution in [-0.4, -0.2) is 37.2 Å². The molecule has 6 nitrogen and oxygen atoms in total. The molecule has 0 aromatic heterocycles. The second-order valence-corrected chi connectivity index (χ2v) is 19.9. The van der Waals surface area contributed by atoms with E-state index in [4.69, 9.17) is 14.2 Å². The molecular weight excluding hydrogens is 937 g/mol. The van der Waals surface area contributed by atoms with Gasteiger partial charge in [0.25, 0.3) is 0 Å². The molecule has 0 N–H and O–H groups in total.